The van der Waals surface area contributed by atoms with Crippen molar-refractivity contribution in [2.24, 2.45) is 0 Å². The SMILES string of the molecule is OCC1(F)COC1. The fraction of sp³-hybridized carbons (Fsp3) is 1.00. The summed E-state index contributed by atoms with van der Waals surface area (Å²) in [5.74, 6) is 0. The second-order valence-electron chi connectivity index (χ2n) is 1.80. The van der Waals surface area contributed by atoms with E-state index in [1.165, 1.54) is 0 Å². The molecule has 0 unspecified atom stereocenters. The van der Waals surface area contributed by atoms with Gasteiger partial charge in [-0.1, -0.05) is 0 Å². The molecule has 1 aliphatic rings. The van der Waals surface area contributed by atoms with Gasteiger partial charge in [0.25, 0.3) is 0 Å². The third-order valence-corrected chi connectivity index (χ3v) is 1.00. The zero-order valence-corrected chi connectivity index (χ0v) is 3.85. The predicted octanol–water partition coefficient (Wildman–Crippen LogP) is -0.283. The third kappa shape index (κ3) is 0.737. The molecule has 1 rings (SSSR count). The monoisotopic (exact) mass is 106 g/mol. The normalized spacial score (nSPS) is 26.6. The van der Waals surface area contributed by atoms with Crippen LogP contribution in [0.1, 0.15) is 0 Å². The van der Waals surface area contributed by atoms with Crippen molar-refractivity contribution in [1.82, 2.24) is 0 Å². The summed E-state index contributed by atoms with van der Waals surface area (Å²) in [6.07, 6.45) is 0. The molecule has 42 valence electrons. The Labute approximate surface area is 40.9 Å². The summed E-state index contributed by atoms with van der Waals surface area (Å²) in [6.45, 7) is -0.292. The number of hydrogen-bond acceptors (Lipinski definition) is 2. The van der Waals surface area contributed by atoms with Crippen molar-refractivity contribution < 1.29 is 14.2 Å². The maximum atomic E-state index is 12.3. The van der Waals surface area contributed by atoms with Gasteiger partial charge in [-0.05, 0) is 0 Å². The van der Waals surface area contributed by atoms with Crippen LogP contribution in [0, 0.1) is 0 Å². The Bertz CT molecular complexity index is 64.6. The lowest BCUT2D eigenvalue weighted by atomic mass is 10.1. The maximum Gasteiger partial charge on any atom is 0.180 e. The molecule has 0 saturated carbocycles. The fourth-order valence-corrected chi connectivity index (χ4v) is 0.415. The van der Waals surface area contributed by atoms with Crippen LogP contribution in [0.3, 0.4) is 0 Å². The number of hydrogen-bond donors (Lipinski definition) is 1. The Kier molecular flexibility index (Phi) is 1.01. The van der Waals surface area contributed by atoms with Crippen molar-refractivity contribution in [2.45, 2.75) is 5.67 Å². The quantitative estimate of drug-likeness (QED) is 0.498. The van der Waals surface area contributed by atoms with Gasteiger partial charge in [-0.2, -0.15) is 0 Å². The van der Waals surface area contributed by atoms with Gasteiger partial charge in [0.15, 0.2) is 5.67 Å². The van der Waals surface area contributed by atoms with Crippen LogP contribution < -0.4 is 0 Å². The highest BCUT2D eigenvalue weighted by atomic mass is 19.1. The maximum absolute atomic E-state index is 12.3. The molecule has 2 nitrogen and oxygen atoms in total. The number of aliphatic hydroxyl groups is 1. The summed E-state index contributed by atoms with van der Waals surface area (Å²) in [6, 6.07) is 0. The van der Waals surface area contributed by atoms with Gasteiger partial charge in [0.1, 0.15) is 0 Å². The van der Waals surface area contributed by atoms with Crippen LogP contribution in [0.5, 0.6) is 0 Å². The fourth-order valence-electron chi connectivity index (χ4n) is 0.415. The van der Waals surface area contributed by atoms with E-state index in [0.717, 1.165) is 0 Å². The van der Waals surface area contributed by atoms with E-state index in [1.54, 1.807) is 0 Å². The van der Waals surface area contributed by atoms with E-state index >= 15 is 0 Å². The molecule has 0 spiro atoms. The Morgan fingerprint density at radius 2 is 2.29 bits per heavy atom. The summed E-state index contributed by atoms with van der Waals surface area (Å²) in [5.41, 5.74) is -1.40. The Morgan fingerprint density at radius 3 is 2.29 bits per heavy atom. The average molecular weight is 106 g/mol. The van der Waals surface area contributed by atoms with Gasteiger partial charge in [0.05, 0.1) is 19.8 Å². The zero-order valence-electron chi connectivity index (χ0n) is 3.85. The van der Waals surface area contributed by atoms with Gasteiger partial charge in [0, 0.05) is 0 Å². The predicted molar refractivity (Wildman–Crippen MR) is 21.7 cm³/mol. The molecule has 0 aromatic rings. The lowest BCUT2D eigenvalue weighted by Crippen LogP contribution is -2.48. The van der Waals surface area contributed by atoms with Crippen LogP contribution in [0.25, 0.3) is 0 Å². The molecule has 0 aromatic carbocycles. The molecule has 0 bridgehead atoms. The Hall–Kier alpha value is -0.150. The molecular weight excluding hydrogens is 99.0 g/mol. The molecular formula is C4H7FO2. The summed E-state index contributed by atoms with van der Waals surface area (Å²) >= 11 is 0. The van der Waals surface area contributed by atoms with Gasteiger partial charge in [-0.3, -0.25) is 0 Å². The first-order valence-electron chi connectivity index (χ1n) is 2.14. The molecule has 1 fully saturated rings. The highest BCUT2D eigenvalue weighted by Gasteiger charge is 2.37. The molecule has 0 aliphatic carbocycles. The molecule has 0 radical (unpaired) electrons. The molecule has 7 heavy (non-hydrogen) atoms. The number of aliphatic hydroxyl groups excluding tert-OH is 1. The van der Waals surface area contributed by atoms with Crippen molar-refractivity contribution in [1.29, 1.82) is 0 Å². The second-order valence-corrected chi connectivity index (χ2v) is 1.80. The molecule has 1 N–H and O–H groups in total. The topological polar surface area (TPSA) is 29.5 Å². The summed E-state index contributed by atoms with van der Waals surface area (Å²) in [4.78, 5) is 0. The van der Waals surface area contributed by atoms with Crippen LogP contribution in [0.15, 0.2) is 0 Å². The molecule has 1 aliphatic heterocycles. The Balaban J connectivity index is 2.29. The standard InChI is InChI=1S/C4H7FO2/c5-4(1-6)2-7-3-4/h6H,1-3H2. The highest BCUT2D eigenvalue weighted by Crippen LogP contribution is 2.19. The van der Waals surface area contributed by atoms with E-state index in [0.29, 0.717) is 0 Å². The van der Waals surface area contributed by atoms with E-state index < -0.39 is 12.3 Å². The van der Waals surface area contributed by atoms with E-state index in [4.69, 9.17) is 5.11 Å². The van der Waals surface area contributed by atoms with E-state index in [2.05, 4.69) is 4.74 Å². The van der Waals surface area contributed by atoms with Crippen LogP contribution in [-0.2, 0) is 4.74 Å². The Morgan fingerprint density at radius 1 is 1.71 bits per heavy atom. The van der Waals surface area contributed by atoms with Gasteiger partial charge in [-0.15, -0.1) is 0 Å². The highest BCUT2D eigenvalue weighted by molar-refractivity contribution is 4.84. The van der Waals surface area contributed by atoms with E-state index in [1.807, 2.05) is 0 Å². The van der Waals surface area contributed by atoms with Crippen molar-refractivity contribution in [3.63, 3.8) is 0 Å². The summed E-state index contributed by atoms with van der Waals surface area (Å²) < 4.78 is 16.8. The molecule has 0 atom stereocenters. The van der Waals surface area contributed by atoms with Crippen molar-refractivity contribution in [2.75, 3.05) is 19.8 Å². The summed E-state index contributed by atoms with van der Waals surface area (Å²) in [7, 11) is 0. The third-order valence-electron chi connectivity index (χ3n) is 1.00. The smallest absolute Gasteiger partial charge is 0.180 e. The first kappa shape index (κ1) is 5.00. The second kappa shape index (κ2) is 1.42. The number of ether oxygens (including phenoxy) is 1. The minimum atomic E-state index is -1.40. The van der Waals surface area contributed by atoms with Gasteiger partial charge >= 0.3 is 0 Å². The first-order valence-corrected chi connectivity index (χ1v) is 2.14. The molecule has 0 amide bonds. The van der Waals surface area contributed by atoms with Gasteiger partial charge in [0.2, 0.25) is 0 Å². The van der Waals surface area contributed by atoms with Gasteiger partial charge < -0.3 is 9.84 Å². The average Bonchev–Trinajstić information content (AvgIpc) is 1.61. The summed E-state index contributed by atoms with van der Waals surface area (Å²) in [5, 5.41) is 8.19. The first-order chi connectivity index (χ1) is 3.27. The van der Waals surface area contributed by atoms with E-state index in [9.17, 15) is 4.39 Å². The molecule has 3 heteroatoms. The van der Waals surface area contributed by atoms with Crippen LogP contribution >= 0.6 is 0 Å². The van der Waals surface area contributed by atoms with Gasteiger partial charge in [-0.25, -0.2) is 4.39 Å². The van der Waals surface area contributed by atoms with Crippen molar-refractivity contribution >= 4 is 0 Å². The lowest BCUT2D eigenvalue weighted by Gasteiger charge is -2.31. The van der Waals surface area contributed by atoms with Crippen LogP contribution in [0.2, 0.25) is 0 Å². The molecule has 0 aromatic heterocycles. The van der Waals surface area contributed by atoms with Crippen molar-refractivity contribution in [3.05, 3.63) is 0 Å². The number of alkyl halides is 1. The molecule has 1 saturated heterocycles. The number of rotatable bonds is 1. The van der Waals surface area contributed by atoms with Crippen LogP contribution in [0.4, 0.5) is 4.39 Å². The van der Waals surface area contributed by atoms with E-state index in [-0.39, 0.29) is 13.2 Å². The number of halogens is 1. The molecule has 1 heterocycles. The van der Waals surface area contributed by atoms with Crippen LogP contribution in [-0.4, -0.2) is 30.6 Å². The zero-order chi connectivity index (χ0) is 5.33. The largest absolute Gasteiger partial charge is 0.393 e. The minimum absolute atomic E-state index is 0.0590. The van der Waals surface area contributed by atoms with Crippen molar-refractivity contribution in [3.8, 4) is 0 Å². The lowest BCUT2D eigenvalue weighted by molar-refractivity contribution is -0.150. The minimum Gasteiger partial charge on any atom is -0.393 e.